The maximum Gasteiger partial charge on any atom is 0.404 e. The smallest absolute Gasteiger partial charge is 0.404 e. The van der Waals surface area contributed by atoms with E-state index in [4.69, 9.17) is 19.6 Å². The summed E-state index contributed by atoms with van der Waals surface area (Å²) in [5.41, 5.74) is 0.942. The van der Waals surface area contributed by atoms with Crippen molar-refractivity contribution in [2.45, 2.75) is 17.1 Å². The number of rotatable bonds is 9. The third-order valence-corrected chi connectivity index (χ3v) is 8.58. The molecule has 240 valence electrons. The van der Waals surface area contributed by atoms with Crippen LogP contribution < -0.4 is 21.8 Å². The number of carboxylic acid groups (broad SMARTS) is 1. The number of carboxylic acids is 1. The number of thioether (sulfide) groups is 1. The molecule has 3 atom stereocenters. The van der Waals surface area contributed by atoms with Gasteiger partial charge in [-0.1, -0.05) is 12.1 Å². The quantitative estimate of drug-likeness (QED) is 0.0921. The Bertz CT molecular complexity index is 1890. The lowest BCUT2D eigenvalue weighted by Gasteiger charge is -2.55. The molecule has 0 spiro atoms. The zero-order chi connectivity index (χ0) is 33.5. The number of carbonyl (C=O) groups excluding carboxylic acids is 4. The Labute approximate surface area is 261 Å². The van der Waals surface area contributed by atoms with Crippen LogP contribution in [0.15, 0.2) is 63.1 Å². The number of fused-ring (bicyclic) bond motifs is 2. The topological polar surface area (TPSA) is 268 Å². The van der Waals surface area contributed by atoms with Gasteiger partial charge in [0.1, 0.15) is 46.9 Å². The molecule has 8 N–H and O–H groups in total. The summed E-state index contributed by atoms with van der Waals surface area (Å²) in [7, 11) is 1.10. The van der Waals surface area contributed by atoms with E-state index in [9.17, 15) is 49.2 Å². The number of aromatic hydroxyl groups is 3. The third-order valence-electron chi connectivity index (χ3n) is 7.21. The summed E-state index contributed by atoms with van der Waals surface area (Å²) >= 11 is 0.996. The normalized spacial score (nSPS) is 19.5. The van der Waals surface area contributed by atoms with Crippen molar-refractivity contribution in [3.05, 3.63) is 75.3 Å². The van der Waals surface area contributed by atoms with E-state index >= 15 is 0 Å². The Morgan fingerprint density at radius 3 is 2.43 bits per heavy atom. The van der Waals surface area contributed by atoms with Gasteiger partial charge in [-0.3, -0.25) is 24.1 Å². The van der Waals surface area contributed by atoms with Crippen LogP contribution in [0.25, 0.3) is 11.0 Å². The van der Waals surface area contributed by atoms with Crippen LogP contribution in [0.5, 0.6) is 17.2 Å². The van der Waals surface area contributed by atoms with Gasteiger partial charge in [0, 0.05) is 24.5 Å². The molecule has 2 aliphatic heterocycles. The summed E-state index contributed by atoms with van der Waals surface area (Å²) in [5.74, 6) is -6.05. The van der Waals surface area contributed by atoms with E-state index < -0.39 is 81.7 Å². The van der Waals surface area contributed by atoms with Gasteiger partial charge >= 0.3 is 12.1 Å². The number of β-lactam (4-membered cyclic amide) rings is 1. The molecule has 3 aromatic rings. The van der Waals surface area contributed by atoms with Crippen LogP contribution >= 0.6 is 11.8 Å². The lowest BCUT2D eigenvalue weighted by atomic mass is 9.96. The minimum absolute atomic E-state index is 0.0481. The summed E-state index contributed by atoms with van der Waals surface area (Å²) in [6, 6.07) is 5.30. The first-order valence-corrected chi connectivity index (χ1v) is 14.1. The molecule has 46 heavy (non-hydrogen) atoms. The van der Waals surface area contributed by atoms with E-state index in [1.54, 1.807) is 0 Å². The monoisotopic (exact) mass is 656 g/mol. The number of methoxy groups -OCH3 is 1. The SMILES string of the molecule is CO[C@@]1(NC(=O)C(NC(=O)c2coc3cc(O)c(O)cc3c2=O)c2ccc(O)cc2)C(=O)N2C(C(=O)O)=C(COC(N)=O)CS[C@H]21. The highest BCUT2D eigenvalue weighted by Crippen LogP contribution is 2.47. The molecule has 1 fully saturated rings. The average Bonchev–Trinajstić information content (AvgIpc) is 3.02. The van der Waals surface area contributed by atoms with Crippen LogP contribution in [-0.2, 0) is 23.9 Å². The molecule has 2 aliphatic rings. The number of phenolic OH excluding ortho intramolecular Hbond substituents is 3. The second kappa shape index (κ2) is 12.0. The van der Waals surface area contributed by atoms with Crippen molar-refractivity contribution in [3.63, 3.8) is 0 Å². The highest BCUT2D eigenvalue weighted by atomic mass is 32.2. The predicted molar refractivity (Wildman–Crippen MR) is 155 cm³/mol. The van der Waals surface area contributed by atoms with E-state index in [1.807, 2.05) is 0 Å². The van der Waals surface area contributed by atoms with Crippen LogP contribution in [0, 0.1) is 0 Å². The second-order valence-corrected chi connectivity index (χ2v) is 11.0. The van der Waals surface area contributed by atoms with E-state index in [0.717, 1.165) is 42.2 Å². The Morgan fingerprint density at radius 1 is 1.13 bits per heavy atom. The van der Waals surface area contributed by atoms with Gasteiger partial charge in [-0.05, 0) is 23.8 Å². The van der Waals surface area contributed by atoms with Gasteiger partial charge in [-0.2, -0.15) is 0 Å². The summed E-state index contributed by atoms with van der Waals surface area (Å²) in [6.45, 7) is -0.495. The zero-order valence-corrected chi connectivity index (χ0v) is 24.3. The van der Waals surface area contributed by atoms with Crippen molar-refractivity contribution >= 4 is 52.5 Å². The van der Waals surface area contributed by atoms with Crippen LogP contribution in [0.4, 0.5) is 4.79 Å². The van der Waals surface area contributed by atoms with Crippen LogP contribution in [0.3, 0.4) is 0 Å². The first-order valence-electron chi connectivity index (χ1n) is 13.1. The zero-order valence-electron chi connectivity index (χ0n) is 23.5. The summed E-state index contributed by atoms with van der Waals surface area (Å²) < 4.78 is 15.4. The molecule has 0 radical (unpaired) electrons. The molecular weight excluding hydrogens is 632 g/mol. The van der Waals surface area contributed by atoms with E-state index in [2.05, 4.69) is 10.6 Å². The van der Waals surface area contributed by atoms with Crippen LogP contribution in [0.2, 0.25) is 0 Å². The van der Waals surface area contributed by atoms with Crippen molar-refractivity contribution in [1.82, 2.24) is 15.5 Å². The van der Waals surface area contributed by atoms with Crippen molar-refractivity contribution in [1.29, 1.82) is 0 Å². The number of nitrogens with two attached hydrogens (primary N) is 1. The molecular formula is C28H24N4O13S. The van der Waals surface area contributed by atoms with E-state index in [-0.39, 0.29) is 33.6 Å². The number of primary amides is 1. The molecule has 0 aliphatic carbocycles. The highest BCUT2D eigenvalue weighted by Gasteiger charge is 2.67. The molecule has 0 saturated carbocycles. The molecule has 1 saturated heterocycles. The van der Waals surface area contributed by atoms with Crippen molar-refractivity contribution in [3.8, 4) is 17.2 Å². The van der Waals surface area contributed by atoms with Gasteiger partial charge in [0.2, 0.25) is 11.3 Å². The summed E-state index contributed by atoms with van der Waals surface area (Å²) in [4.78, 5) is 77.8. The Hall–Kier alpha value is -5.75. The van der Waals surface area contributed by atoms with Crippen molar-refractivity contribution in [2.75, 3.05) is 19.5 Å². The molecule has 0 bridgehead atoms. The fraction of sp³-hybridized carbons (Fsp3) is 0.214. The van der Waals surface area contributed by atoms with Gasteiger partial charge in [0.25, 0.3) is 17.5 Å². The Kier molecular flexibility index (Phi) is 8.24. The van der Waals surface area contributed by atoms with Crippen LogP contribution in [-0.4, -0.2) is 85.7 Å². The van der Waals surface area contributed by atoms with Gasteiger partial charge in [0.15, 0.2) is 11.5 Å². The highest BCUT2D eigenvalue weighted by molar-refractivity contribution is 8.00. The predicted octanol–water partition coefficient (Wildman–Crippen LogP) is 0.189. The van der Waals surface area contributed by atoms with Crippen molar-refractivity contribution in [2.24, 2.45) is 5.73 Å². The lowest BCUT2D eigenvalue weighted by Crippen LogP contribution is -2.81. The lowest BCUT2D eigenvalue weighted by molar-refractivity contribution is -0.193. The molecule has 1 aromatic heterocycles. The van der Waals surface area contributed by atoms with Gasteiger partial charge < -0.3 is 50.7 Å². The number of phenols is 3. The fourth-order valence-corrected chi connectivity index (χ4v) is 6.37. The first-order chi connectivity index (χ1) is 21.8. The van der Waals surface area contributed by atoms with E-state index in [1.165, 1.54) is 24.3 Å². The molecule has 17 nitrogen and oxygen atoms in total. The third kappa shape index (κ3) is 5.39. The van der Waals surface area contributed by atoms with Gasteiger partial charge in [-0.15, -0.1) is 11.8 Å². The minimum Gasteiger partial charge on any atom is -0.508 e. The largest absolute Gasteiger partial charge is 0.508 e. The minimum atomic E-state index is -2.11. The fourth-order valence-electron chi connectivity index (χ4n) is 4.95. The van der Waals surface area contributed by atoms with Gasteiger partial charge in [0.05, 0.1) is 5.39 Å². The molecule has 18 heteroatoms. The molecule has 3 heterocycles. The number of aliphatic carboxylic acids is 1. The first kappa shape index (κ1) is 31.7. The Balaban J connectivity index is 1.46. The molecule has 4 amide bonds. The number of nitrogens with zero attached hydrogens (tertiary/aromatic N) is 1. The van der Waals surface area contributed by atoms with E-state index in [0.29, 0.717) is 0 Å². The number of hydrogen-bond acceptors (Lipinski definition) is 13. The molecule has 1 unspecified atom stereocenters. The summed E-state index contributed by atoms with van der Waals surface area (Å²) in [6.07, 6.45) is -0.358. The number of hydrogen-bond donors (Lipinski definition) is 7. The standard InChI is InChI=1S/C28H24N4O13S/c1-43-28(25(41)32-20(24(39)40)12(8-45-27(29)42)10-46-26(28)32)31-23(38)19(11-2-4-13(33)5-3-11)30-22(37)15-9-44-18-7-17(35)16(34)6-14(18)21(15)36/h2-7,9,19,26,33-35H,8,10H2,1H3,(H2,29,42)(H,30,37)(H,31,38)(H,39,40)/t19?,26-,28-/m0/s1. The maximum absolute atomic E-state index is 13.8. The molecule has 5 rings (SSSR count). The average molecular weight is 657 g/mol. The second-order valence-electron chi connectivity index (χ2n) is 9.95. The number of nitrogens with one attached hydrogen (secondary N) is 2. The maximum atomic E-state index is 13.8. The number of ether oxygens (including phenoxy) is 2. The number of benzene rings is 2. The number of amides is 4. The van der Waals surface area contributed by atoms with Gasteiger partial charge in [-0.25, -0.2) is 9.59 Å². The Morgan fingerprint density at radius 2 is 1.80 bits per heavy atom. The number of carbonyl (C=O) groups is 5. The molecule has 2 aromatic carbocycles. The van der Waals surface area contributed by atoms with Crippen molar-refractivity contribution < 1.29 is 58.3 Å². The summed E-state index contributed by atoms with van der Waals surface area (Å²) in [5, 5.41) is 42.6. The van der Waals surface area contributed by atoms with Crippen LogP contribution in [0.1, 0.15) is 22.0 Å².